The highest BCUT2D eigenvalue weighted by Crippen LogP contribution is 2.37. The second-order valence-electron chi connectivity index (χ2n) is 20.3. The number of carbonyl (C=O) groups is 5. The molecular formula is C62H89BrCl2F2N14O20S. The van der Waals surface area contributed by atoms with Crippen molar-refractivity contribution in [2.24, 2.45) is 28.5 Å². The Morgan fingerprint density at radius 2 is 1.21 bits per heavy atom. The number of nitrogens with one attached hydrogen (secondary N) is 2. The Bertz CT molecular complexity index is 3420. The molecule has 6 heterocycles. The molecule has 34 nitrogen and oxygen atoms in total. The molecule has 1 saturated heterocycles. The van der Waals surface area contributed by atoms with Crippen molar-refractivity contribution in [3.8, 4) is 17.1 Å². The molecule has 0 aliphatic carbocycles. The standard InChI is InChI=1S/C25H27FN6O5.C14H12BrFN4S.2C6H13NO4.C6H12O4.C4H6O3.CH2Cl2.H4N2/c1-13-22-19(31-25(27)28-13)12-18(30-23(22)32-37-10-9-20(35-2)24(33)34)15-8-7-14(26)11-16(15)17-5-4-6-21(29-17)36-3;1-6-12-11(20-14(17)18-6)5-10(19-13(12)21)8-3-2-7(16)4-9(8)15;2*1-9-5(3-4-11-7)6(8)10-2;1-9-5(3-4-7)6(8)10-2;5-3-1-2-7-4(3)6;2-1-3;1-2/h4-8,11,18,20H,9-10,12H2,1-3H3,(H,30,32)(H,33,34)(H2,27,28,31);2-4,10H,5H2,1H3,(H,19,21)(H2,17,18,20);2*5H,3-4,7H2,1-2H3;5,7H,3-4H2,1-2H3;3,5H,1-2H2;1H2;1-2H2/t18-,20+;10-;3*5-;3-;;/m110000../s1. The number of halogens is 5. The van der Waals surface area contributed by atoms with E-state index in [2.05, 4.69) is 92.0 Å². The first-order chi connectivity index (χ1) is 48.7. The van der Waals surface area contributed by atoms with Crippen LogP contribution in [0.1, 0.15) is 89.2 Å². The van der Waals surface area contributed by atoms with Crippen LogP contribution in [-0.4, -0.2) is 207 Å². The lowest BCUT2D eigenvalue weighted by atomic mass is 9.91. The molecule has 1 fully saturated rings. The molecule has 2 aromatic carbocycles. The minimum absolute atomic E-state index is 0.0359. The number of methoxy groups -OCH3 is 8. The molecule has 5 aromatic rings. The molecule has 3 aromatic heterocycles. The molecular weight excluding hydrogens is 1480 g/mol. The topological polar surface area (TPSA) is 514 Å². The number of hydroxylamine groups is 1. The first kappa shape index (κ1) is 92.3. The predicted octanol–water partition coefficient (Wildman–Crippen LogP) is 3.46. The number of rotatable bonds is 24. The third-order valence-corrected chi connectivity index (χ3v) is 14.9. The second kappa shape index (κ2) is 51.4. The number of carboxylic acid groups (broad SMARTS) is 1. The summed E-state index contributed by atoms with van der Waals surface area (Å²) in [6.07, 6.45) is -0.988. The predicted molar refractivity (Wildman–Crippen MR) is 375 cm³/mol. The molecule has 0 spiro atoms. The van der Waals surface area contributed by atoms with Crippen molar-refractivity contribution >= 4 is 104 Å². The van der Waals surface area contributed by atoms with Crippen molar-refractivity contribution in [1.29, 1.82) is 0 Å². The van der Waals surface area contributed by atoms with Gasteiger partial charge in [-0.1, -0.05) is 46.3 Å². The van der Waals surface area contributed by atoms with Crippen molar-refractivity contribution in [2.75, 3.05) is 107 Å². The molecule has 3 aliphatic rings. The van der Waals surface area contributed by atoms with E-state index < -0.39 is 72.2 Å². The Morgan fingerprint density at radius 3 is 1.65 bits per heavy atom. The molecule has 0 saturated carbocycles. The van der Waals surface area contributed by atoms with Crippen LogP contribution in [0.2, 0.25) is 0 Å². The lowest BCUT2D eigenvalue weighted by molar-refractivity contribution is -0.154. The van der Waals surface area contributed by atoms with Crippen LogP contribution in [0, 0.1) is 25.5 Å². The van der Waals surface area contributed by atoms with Gasteiger partial charge >= 0.3 is 29.8 Å². The number of hydrazine groups is 1. The van der Waals surface area contributed by atoms with E-state index in [1.54, 1.807) is 37.3 Å². The third-order valence-electron chi connectivity index (χ3n) is 13.9. The Balaban J connectivity index is 0.000000674. The molecule has 102 heavy (non-hydrogen) atoms. The first-order valence-electron chi connectivity index (χ1n) is 30.2. The van der Waals surface area contributed by atoms with E-state index in [-0.39, 0.29) is 68.4 Å². The summed E-state index contributed by atoms with van der Waals surface area (Å²) < 4.78 is 70.4. The number of pyridine rings is 1. The number of carbonyl (C=O) groups excluding carboxylic acids is 4. The van der Waals surface area contributed by atoms with E-state index in [4.69, 9.17) is 108 Å². The SMILES string of the molecule is COC(=O)[C@H](CCO)OC.COC(=O)[C@H](CCON)OC.COC(=O)[C@H](CCON)OC.COc1cccc(-c2cc(F)ccc2[C@H]2Cc3nc(N)nc(C)c3C(NOCC[C@H](OC)C(=O)O)=N2)n1.Cc1nc(N)nc2c1C(=S)N[C@@H](c1ccc(F)cc1Br)C2.ClCCl.NN.O=C1OCC[C@@H]1O. The van der Waals surface area contributed by atoms with Gasteiger partial charge in [-0.05, 0) is 55.3 Å². The normalized spacial score (nSPS) is 15.5. The van der Waals surface area contributed by atoms with Crippen LogP contribution < -0.4 is 50.5 Å². The van der Waals surface area contributed by atoms with Gasteiger partial charge in [0, 0.05) is 96.1 Å². The third kappa shape index (κ3) is 31.5. The fourth-order valence-corrected chi connectivity index (χ4v) is 10.1. The number of aliphatic hydroxyl groups is 2. The van der Waals surface area contributed by atoms with Gasteiger partial charge in [0.1, 0.15) is 16.6 Å². The number of ether oxygens (including phenoxy) is 9. The van der Waals surface area contributed by atoms with Gasteiger partial charge < -0.3 is 84.4 Å². The van der Waals surface area contributed by atoms with E-state index in [0.717, 1.165) is 22.5 Å². The number of hydrogen-bond acceptors (Lipinski definition) is 33. The number of thiocarbonyl (C=S) groups is 1. The summed E-state index contributed by atoms with van der Waals surface area (Å²) in [5, 5.41) is 29.6. The van der Waals surface area contributed by atoms with Crippen molar-refractivity contribution in [3.05, 3.63) is 116 Å². The second-order valence-corrected chi connectivity index (χ2v) is 22.4. The molecule has 0 bridgehead atoms. The monoisotopic (exact) mass is 1570 g/mol. The highest BCUT2D eigenvalue weighted by Gasteiger charge is 2.31. The Morgan fingerprint density at radius 1 is 0.716 bits per heavy atom. The van der Waals surface area contributed by atoms with E-state index in [9.17, 15) is 32.8 Å². The van der Waals surface area contributed by atoms with Gasteiger partial charge in [0.05, 0.1) is 112 Å². The number of aromatic nitrogens is 5. The van der Waals surface area contributed by atoms with Crippen molar-refractivity contribution in [2.45, 2.75) is 101 Å². The molecule has 17 N–H and O–H groups in total. The Hall–Kier alpha value is -7.74. The highest BCUT2D eigenvalue weighted by molar-refractivity contribution is 9.10. The maximum Gasteiger partial charge on any atom is 0.335 e. The van der Waals surface area contributed by atoms with Crippen molar-refractivity contribution < 1.29 is 105 Å². The number of cyclic esters (lactones) is 1. The van der Waals surface area contributed by atoms with Crippen LogP contribution in [0.25, 0.3) is 11.3 Å². The van der Waals surface area contributed by atoms with E-state index in [1.807, 2.05) is 6.92 Å². The number of alkyl halides is 2. The summed E-state index contributed by atoms with van der Waals surface area (Å²) in [5.41, 5.74) is 21.5. The zero-order valence-electron chi connectivity index (χ0n) is 57.7. The molecule has 0 amide bonds. The van der Waals surface area contributed by atoms with E-state index in [1.165, 1.54) is 81.1 Å². The number of hydrogen-bond donors (Lipinski definition) is 11. The summed E-state index contributed by atoms with van der Waals surface area (Å²) in [4.78, 5) is 94.7. The lowest BCUT2D eigenvalue weighted by Gasteiger charge is -2.28. The minimum atomic E-state index is -1.08. The van der Waals surface area contributed by atoms with Gasteiger partial charge in [-0.2, -0.15) is 0 Å². The molecule has 568 valence electrons. The molecule has 7 atom stereocenters. The molecule has 8 rings (SSSR count). The number of aliphatic hydroxyl groups excluding tert-OH is 2. The number of anilines is 2. The fraction of sp³-hybridized carbons (Fsp3) is 0.484. The average molecular weight is 1570 g/mol. The number of esters is 4. The van der Waals surface area contributed by atoms with Crippen molar-refractivity contribution in [1.82, 2.24) is 35.7 Å². The van der Waals surface area contributed by atoms with Crippen LogP contribution in [-0.2, 0) is 89.2 Å². The number of fused-ring (bicyclic) bond motifs is 2. The molecule has 0 unspecified atom stereocenters. The van der Waals surface area contributed by atoms with Crippen LogP contribution in [0.5, 0.6) is 5.88 Å². The van der Waals surface area contributed by atoms with Gasteiger partial charge in [-0.15, -0.1) is 23.2 Å². The minimum Gasteiger partial charge on any atom is -0.481 e. The van der Waals surface area contributed by atoms with Gasteiger partial charge in [-0.3, -0.25) is 21.5 Å². The summed E-state index contributed by atoms with van der Waals surface area (Å²) in [6, 6.07) is 13.7. The number of nitrogens with zero attached hydrogens (tertiary/aromatic N) is 6. The summed E-state index contributed by atoms with van der Waals surface area (Å²) >= 11 is 18.3. The number of benzene rings is 2. The Kier molecular flexibility index (Phi) is 46.5. The summed E-state index contributed by atoms with van der Waals surface area (Å²) in [7, 11) is 11.0. The molecule has 40 heteroatoms. The maximum atomic E-state index is 14.3. The number of nitrogens with two attached hydrogens (primary N) is 6. The highest BCUT2D eigenvalue weighted by atomic mass is 79.9. The van der Waals surface area contributed by atoms with Gasteiger partial charge in [0.2, 0.25) is 17.8 Å². The van der Waals surface area contributed by atoms with Crippen LogP contribution >= 0.6 is 51.3 Å². The molecule has 3 aliphatic heterocycles. The van der Waals surface area contributed by atoms with E-state index >= 15 is 0 Å². The van der Waals surface area contributed by atoms with Crippen LogP contribution in [0.15, 0.2) is 64.1 Å². The van der Waals surface area contributed by atoms with Crippen LogP contribution in [0.4, 0.5) is 20.7 Å². The Labute approximate surface area is 611 Å². The van der Waals surface area contributed by atoms with Gasteiger partial charge in [0.25, 0.3) is 0 Å². The number of carboxylic acids is 1. The number of aliphatic imine (C=N–C) groups is 1. The smallest absolute Gasteiger partial charge is 0.335 e. The molecule has 0 radical (unpaired) electrons. The van der Waals surface area contributed by atoms with Gasteiger partial charge in [0.15, 0.2) is 36.4 Å². The lowest BCUT2D eigenvalue weighted by Crippen LogP contribution is -2.36. The van der Waals surface area contributed by atoms with Gasteiger partial charge in [-0.25, -0.2) is 74.9 Å². The van der Waals surface area contributed by atoms with Crippen LogP contribution in [0.3, 0.4) is 0 Å². The number of aryl methyl sites for hydroxylation is 2. The number of amidine groups is 1. The quantitative estimate of drug-likeness (QED) is 0.00801. The summed E-state index contributed by atoms with van der Waals surface area (Å²) in [6.45, 7) is 4.52. The number of nitrogen functional groups attached to an aromatic ring is 2. The summed E-state index contributed by atoms with van der Waals surface area (Å²) in [5.74, 6) is 15.1. The fourth-order valence-electron chi connectivity index (χ4n) is 9.05. The average Bonchev–Trinajstić information content (AvgIpc) is 0.825. The zero-order chi connectivity index (χ0) is 77.0. The number of aliphatic carboxylic acids is 1. The largest absolute Gasteiger partial charge is 0.481 e. The maximum absolute atomic E-state index is 14.3. The zero-order valence-corrected chi connectivity index (χ0v) is 61.6. The van der Waals surface area contributed by atoms with E-state index in [0.29, 0.717) is 93.7 Å². The first-order valence-corrected chi connectivity index (χ1v) is 32.4. The van der Waals surface area contributed by atoms with Crippen molar-refractivity contribution in [3.63, 3.8) is 0 Å².